The van der Waals surface area contributed by atoms with Crippen LogP contribution in [0.2, 0.25) is 0 Å². The highest BCUT2D eigenvalue weighted by atomic mass is 16.1. The molecule has 0 saturated carbocycles. The van der Waals surface area contributed by atoms with Gasteiger partial charge in [0.2, 0.25) is 5.91 Å². The smallest absolute Gasteiger partial charge is 0.226 e. The van der Waals surface area contributed by atoms with Crippen LogP contribution in [0.5, 0.6) is 0 Å². The van der Waals surface area contributed by atoms with Gasteiger partial charge in [0.15, 0.2) is 0 Å². The number of amides is 1. The van der Waals surface area contributed by atoms with E-state index in [-0.39, 0.29) is 5.91 Å². The van der Waals surface area contributed by atoms with E-state index in [2.05, 4.69) is 20.5 Å². The van der Waals surface area contributed by atoms with Gasteiger partial charge < -0.3 is 5.32 Å². The second-order valence-electron chi connectivity index (χ2n) is 3.39. The van der Waals surface area contributed by atoms with Crippen LogP contribution in [0.4, 0.5) is 0 Å². The predicted molar refractivity (Wildman–Crippen MR) is 58.4 cm³/mol. The maximum atomic E-state index is 11.5. The minimum atomic E-state index is -0.0268. The lowest BCUT2D eigenvalue weighted by Gasteiger charge is -2.03. The van der Waals surface area contributed by atoms with E-state index in [1.807, 2.05) is 12.1 Å². The molecule has 0 saturated heterocycles. The van der Waals surface area contributed by atoms with Crippen molar-refractivity contribution in [3.05, 3.63) is 48.0 Å². The number of nitrogens with zero attached hydrogens (tertiary/aromatic N) is 2. The van der Waals surface area contributed by atoms with Crippen LogP contribution in [-0.4, -0.2) is 21.1 Å². The number of hydrogen-bond acceptors (Lipinski definition) is 3. The number of aromatic nitrogens is 3. The SMILES string of the molecule is O=C(Cc1ccn[nH]1)NCc1ccncc1. The summed E-state index contributed by atoms with van der Waals surface area (Å²) in [6.45, 7) is 0.523. The van der Waals surface area contributed by atoms with Gasteiger partial charge >= 0.3 is 0 Å². The van der Waals surface area contributed by atoms with Crippen molar-refractivity contribution in [3.8, 4) is 0 Å². The van der Waals surface area contributed by atoms with E-state index in [0.29, 0.717) is 13.0 Å². The molecule has 0 atom stereocenters. The van der Waals surface area contributed by atoms with Crippen LogP contribution in [0.25, 0.3) is 0 Å². The Bertz CT molecular complexity index is 438. The zero-order valence-electron chi connectivity index (χ0n) is 8.68. The van der Waals surface area contributed by atoms with Crippen LogP contribution in [0.1, 0.15) is 11.3 Å². The van der Waals surface area contributed by atoms with E-state index in [9.17, 15) is 4.79 Å². The van der Waals surface area contributed by atoms with Crippen molar-refractivity contribution in [2.45, 2.75) is 13.0 Å². The molecule has 0 unspecified atom stereocenters. The Morgan fingerprint density at radius 1 is 1.25 bits per heavy atom. The summed E-state index contributed by atoms with van der Waals surface area (Å²) >= 11 is 0. The van der Waals surface area contributed by atoms with Gasteiger partial charge in [0.1, 0.15) is 0 Å². The fourth-order valence-corrected chi connectivity index (χ4v) is 1.32. The Morgan fingerprint density at radius 2 is 2.06 bits per heavy atom. The summed E-state index contributed by atoms with van der Waals surface area (Å²) in [4.78, 5) is 15.4. The number of nitrogens with one attached hydrogen (secondary N) is 2. The molecule has 2 rings (SSSR count). The van der Waals surface area contributed by atoms with Crippen molar-refractivity contribution in [2.24, 2.45) is 0 Å². The van der Waals surface area contributed by atoms with Gasteiger partial charge in [-0.2, -0.15) is 5.10 Å². The fraction of sp³-hybridized carbons (Fsp3) is 0.182. The second-order valence-corrected chi connectivity index (χ2v) is 3.39. The Morgan fingerprint density at radius 3 is 2.75 bits per heavy atom. The van der Waals surface area contributed by atoms with Gasteiger partial charge in [-0.15, -0.1) is 0 Å². The number of H-pyrrole nitrogens is 1. The summed E-state index contributed by atoms with van der Waals surface area (Å²) in [5.74, 6) is -0.0268. The zero-order valence-corrected chi connectivity index (χ0v) is 8.68. The van der Waals surface area contributed by atoms with E-state index >= 15 is 0 Å². The molecule has 0 spiro atoms. The monoisotopic (exact) mass is 216 g/mol. The van der Waals surface area contributed by atoms with E-state index in [0.717, 1.165) is 11.3 Å². The van der Waals surface area contributed by atoms with Crippen molar-refractivity contribution >= 4 is 5.91 Å². The molecule has 16 heavy (non-hydrogen) atoms. The lowest BCUT2D eigenvalue weighted by atomic mass is 10.2. The predicted octanol–water partition coefficient (Wildman–Crippen LogP) is 0.664. The highest BCUT2D eigenvalue weighted by molar-refractivity contribution is 5.77. The van der Waals surface area contributed by atoms with Gasteiger partial charge in [-0.05, 0) is 23.8 Å². The average Bonchev–Trinajstić information content (AvgIpc) is 2.81. The van der Waals surface area contributed by atoms with Crippen molar-refractivity contribution < 1.29 is 4.79 Å². The van der Waals surface area contributed by atoms with E-state index < -0.39 is 0 Å². The highest BCUT2D eigenvalue weighted by Gasteiger charge is 2.03. The number of hydrogen-bond donors (Lipinski definition) is 2. The van der Waals surface area contributed by atoms with Crippen LogP contribution in [0, 0.1) is 0 Å². The first kappa shape index (κ1) is 10.4. The fourth-order valence-electron chi connectivity index (χ4n) is 1.32. The molecule has 0 aliphatic heterocycles. The van der Waals surface area contributed by atoms with Gasteiger partial charge in [0, 0.05) is 30.8 Å². The molecule has 5 heteroatoms. The van der Waals surface area contributed by atoms with E-state index in [1.54, 1.807) is 24.7 Å². The second kappa shape index (κ2) is 5.06. The minimum absolute atomic E-state index is 0.0268. The topological polar surface area (TPSA) is 70.7 Å². The summed E-state index contributed by atoms with van der Waals surface area (Å²) in [5, 5.41) is 9.35. The molecular formula is C11H12N4O. The highest BCUT2D eigenvalue weighted by Crippen LogP contribution is 1.96. The molecule has 82 valence electrons. The molecule has 0 aliphatic carbocycles. The first-order valence-electron chi connectivity index (χ1n) is 4.98. The van der Waals surface area contributed by atoms with Crippen LogP contribution in [0.15, 0.2) is 36.8 Å². The Labute approximate surface area is 92.9 Å². The molecule has 2 heterocycles. The van der Waals surface area contributed by atoms with Crippen LogP contribution in [-0.2, 0) is 17.8 Å². The summed E-state index contributed by atoms with van der Waals surface area (Å²) < 4.78 is 0. The standard InChI is InChI=1S/C11H12N4O/c16-11(7-10-3-6-14-15-10)13-8-9-1-4-12-5-2-9/h1-6H,7-8H2,(H,13,16)(H,14,15). The molecule has 1 amide bonds. The number of carbonyl (C=O) groups excluding carboxylic acids is 1. The molecule has 2 aromatic rings. The molecule has 2 N–H and O–H groups in total. The maximum Gasteiger partial charge on any atom is 0.226 e. The maximum absolute atomic E-state index is 11.5. The number of pyridine rings is 1. The molecule has 0 aromatic carbocycles. The van der Waals surface area contributed by atoms with Crippen LogP contribution < -0.4 is 5.32 Å². The summed E-state index contributed by atoms with van der Waals surface area (Å²) in [6.07, 6.45) is 5.36. The van der Waals surface area contributed by atoms with Gasteiger partial charge in [-0.3, -0.25) is 14.9 Å². The number of carbonyl (C=O) groups is 1. The first-order chi connectivity index (χ1) is 7.84. The van der Waals surface area contributed by atoms with Gasteiger partial charge in [0.25, 0.3) is 0 Å². The zero-order chi connectivity index (χ0) is 11.2. The summed E-state index contributed by atoms with van der Waals surface area (Å²) in [5.41, 5.74) is 1.85. The third kappa shape index (κ3) is 2.91. The molecule has 5 nitrogen and oxygen atoms in total. The first-order valence-corrected chi connectivity index (χ1v) is 4.98. The number of aromatic amines is 1. The Balaban J connectivity index is 1.80. The third-order valence-electron chi connectivity index (χ3n) is 2.15. The Hall–Kier alpha value is -2.17. The van der Waals surface area contributed by atoms with Gasteiger partial charge in [0.05, 0.1) is 6.42 Å². The lowest BCUT2D eigenvalue weighted by Crippen LogP contribution is -2.24. The average molecular weight is 216 g/mol. The van der Waals surface area contributed by atoms with Gasteiger partial charge in [-0.25, -0.2) is 0 Å². The van der Waals surface area contributed by atoms with Crippen LogP contribution in [0.3, 0.4) is 0 Å². The normalized spacial score (nSPS) is 10.0. The van der Waals surface area contributed by atoms with Crippen LogP contribution >= 0.6 is 0 Å². The third-order valence-corrected chi connectivity index (χ3v) is 2.15. The van der Waals surface area contributed by atoms with Crippen molar-refractivity contribution in [3.63, 3.8) is 0 Å². The lowest BCUT2D eigenvalue weighted by molar-refractivity contribution is -0.120. The molecule has 0 aliphatic rings. The van der Waals surface area contributed by atoms with Crippen molar-refractivity contribution in [1.29, 1.82) is 0 Å². The summed E-state index contributed by atoms with van der Waals surface area (Å²) in [6, 6.07) is 5.53. The molecule has 0 fully saturated rings. The summed E-state index contributed by atoms with van der Waals surface area (Å²) in [7, 11) is 0. The number of rotatable bonds is 4. The van der Waals surface area contributed by atoms with Crippen molar-refractivity contribution in [2.75, 3.05) is 0 Å². The van der Waals surface area contributed by atoms with E-state index in [1.165, 1.54) is 0 Å². The Kier molecular flexibility index (Phi) is 3.28. The van der Waals surface area contributed by atoms with Crippen molar-refractivity contribution in [1.82, 2.24) is 20.5 Å². The van der Waals surface area contributed by atoms with E-state index in [4.69, 9.17) is 0 Å². The quantitative estimate of drug-likeness (QED) is 0.788. The molecule has 0 radical (unpaired) electrons. The minimum Gasteiger partial charge on any atom is -0.352 e. The van der Waals surface area contributed by atoms with Gasteiger partial charge in [-0.1, -0.05) is 0 Å². The molecule has 2 aromatic heterocycles. The molecule has 0 bridgehead atoms. The molecular weight excluding hydrogens is 204 g/mol. The largest absolute Gasteiger partial charge is 0.352 e.